The topological polar surface area (TPSA) is 137 Å². The normalized spacial score (nSPS) is 34.1. The molecule has 36 heavy (non-hydrogen) atoms. The van der Waals surface area contributed by atoms with Gasteiger partial charge in [0.2, 0.25) is 0 Å². The molecular weight excluding hydrogens is 482 g/mol. The maximum atomic E-state index is 13.1. The first kappa shape index (κ1) is 30.6. The number of cyclic esters (lactones) is 1. The van der Waals surface area contributed by atoms with Gasteiger partial charge in [-0.2, -0.15) is 0 Å². The maximum Gasteiger partial charge on any atom is 0.308 e. The number of aryl methyl sites for hydroxylation is 1. The predicted molar refractivity (Wildman–Crippen MR) is 139 cm³/mol. The third-order valence-corrected chi connectivity index (χ3v) is 8.41. The first-order valence-corrected chi connectivity index (χ1v) is 13.5. The van der Waals surface area contributed by atoms with E-state index in [1.165, 1.54) is 11.3 Å². The van der Waals surface area contributed by atoms with Gasteiger partial charge in [-0.15, -0.1) is 11.3 Å². The van der Waals surface area contributed by atoms with Crippen molar-refractivity contribution in [2.24, 2.45) is 17.3 Å². The zero-order chi connectivity index (χ0) is 27.4. The molecule has 0 radical (unpaired) electrons. The van der Waals surface area contributed by atoms with Crippen LogP contribution >= 0.6 is 11.3 Å². The van der Waals surface area contributed by atoms with E-state index in [0.717, 1.165) is 10.7 Å². The van der Waals surface area contributed by atoms with Crippen molar-refractivity contribution in [2.45, 2.75) is 111 Å². The van der Waals surface area contributed by atoms with Gasteiger partial charge in [0.25, 0.3) is 0 Å². The number of rotatable bonds is 4. The minimum Gasteiger partial charge on any atom is -0.459 e. The van der Waals surface area contributed by atoms with Crippen molar-refractivity contribution in [2.75, 3.05) is 0 Å². The summed E-state index contributed by atoms with van der Waals surface area (Å²) in [6, 6.07) is 0. The fourth-order valence-corrected chi connectivity index (χ4v) is 5.30. The molecule has 0 spiro atoms. The summed E-state index contributed by atoms with van der Waals surface area (Å²) < 4.78 is 5.65. The highest BCUT2D eigenvalue weighted by atomic mass is 32.1. The molecule has 2 rings (SSSR count). The molecule has 8 nitrogen and oxygen atoms in total. The Hall–Kier alpha value is -1.65. The second-order valence-corrected chi connectivity index (χ2v) is 12.3. The molecular formula is C27H43NO7S. The van der Waals surface area contributed by atoms with E-state index in [0.29, 0.717) is 18.4 Å². The molecule has 0 saturated carbocycles. The van der Waals surface area contributed by atoms with Crippen LogP contribution in [0.25, 0.3) is 6.08 Å². The van der Waals surface area contributed by atoms with Gasteiger partial charge in [-0.25, -0.2) is 4.98 Å². The number of ether oxygens (including phenoxy) is 1. The van der Waals surface area contributed by atoms with E-state index in [9.17, 15) is 30.0 Å². The Morgan fingerprint density at radius 1 is 1.28 bits per heavy atom. The predicted octanol–water partition coefficient (Wildman–Crippen LogP) is 3.43. The Kier molecular flexibility index (Phi) is 10.4. The summed E-state index contributed by atoms with van der Waals surface area (Å²) in [5.74, 6) is -2.02. The number of Topliss-reactive ketones (excluding diaryl/α,β-unsaturated/α-hetero) is 1. The number of carbonyl (C=O) groups is 2. The molecule has 1 fully saturated rings. The quantitative estimate of drug-likeness (QED) is 0.439. The van der Waals surface area contributed by atoms with E-state index >= 15 is 0 Å². The number of thiazole rings is 1. The summed E-state index contributed by atoms with van der Waals surface area (Å²) in [5, 5.41) is 46.5. The zero-order valence-electron chi connectivity index (χ0n) is 22.5. The monoisotopic (exact) mass is 525 g/mol. The number of nitrogens with zero attached hydrogens (tertiary/aromatic N) is 1. The third kappa shape index (κ3) is 7.68. The average Bonchev–Trinajstić information content (AvgIpc) is 3.20. The first-order chi connectivity index (χ1) is 16.6. The molecule has 204 valence electrons. The summed E-state index contributed by atoms with van der Waals surface area (Å²) >= 11 is 1.50. The minimum atomic E-state index is -1.45. The smallest absolute Gasteiger partial charge is 0.308 e. The van der Waals surface area contributed by atoms with Crippen LogP contribution < -0.4 is 0 Å². The van der Waals surface area contributed by atoms with E-state index in [4.69, 9.17) is 4.74 Å². The van der Waals surface area contributed by atoms with Gasteiger partial charge in [-0.3, -0.25) is 9.59 Å². The molecule has 1 aliphatic rings. The summed E-state index contributed by atoms with van der Waals surface area (Å²) in [6.07, 6.45) is -1.70. The number of carbonyl (C=O) groups excluding carboxylic acids is 2. The van der Waals surface area contributed by atoms with Crippen LogP contribution in [0.5, 0.6) is 0 Å². The Labute approximate surface area is 218 Å². The standard InChI is InChI=1S/C27H43NO7S/c1-15-9-8-10-27(7,34)22(12-20(29)16(2)11-19-14-36-18(4)28-19)35-23(31)13-21(30)26(5,6)25(33)17(3)24(15)32/h11,14-15,17,20-22,24,29-30,32,34H,8-10,12-13H2,1-7H3/b16-11+/t15-,17+,20+,21-,22+,24-,27+/m0/s1. The van der Waals surface area contributed by atoms with Crippen molar-refractivity contribution >= 4 is 29.2 Å². The lowest BCUT2D eigenvalue weighted by molar-refractivity contribution is -0.172. The summed E-state index contributed by atoms with van der Waals surface area (Å²) in [5.41, 5.74) is -1.40. The molecule has 2 heterocycles. The van der Waals surface area contributed by atoms with Crippen molar-refractivity contribution in [1.29, 1.82) is 0 Å². The van der Waals surface area contributed by atoms with E-state index < -0.39 is 53.7 Å². The van der Waals surface area contributed by atoms with E-state index in [1.807, 2.05) is 19.2 Å². The number of esters is 1. The van der Waals surface area contributed by atoms with Crippen LogP contribution in [0.15, 0.2) is 11.0 Å². The number of aromatic nitrogens is 1. The van der Waals surface area contributed by atoms with Gasteiger partial charge in [0.15, 0.2) is 0 Å². The van der Waals surface area contributed by atoms with Crippen LogP contribution in [-0.2, 0) is 14.3 Å². The molecule has 0 amide bonds. The Balaban J connectivity index is 2.30. The van der Waals surface area contributed by atoms with Crippen LogP contribution in [0.3, 0.4) is 0 Å². The van der Waals surface area contributed by atoms with Crippen molar-refractivity contribution in [3.63, 3.8) is 0 Å². The first-order valence-electron chi connectivity index (χ1n) is 12.7. The molecule has 9 heteroatoms. The Bertz CT molecular complexity index is 938. The summed E-state index contributed by atoms with van der Waals surface area (Å²) in [6.45, 7) is 11.8. The molecule has 0 unspecified atom stereocenters. The summed E-state index contributed by atoms with van der Waals surface area (Å²) in [7, 11) is 0. The largest absolute Gasteiger partial charge is 0.459 e. The van der Waals surface area contributed by atoms with E-state index in [2.05, 4.69) is 4.98 Å². The summed E-state index contributed by atoms with van der Waals surface area (Å²) in [4.78, 5) is 30.3. The van der Waals surface area contributed by atoms with E-state index in [-0.39, 0.29) is 24.5 Å². The third-order valence-electron chi connectivity index (χ3n) is 7.62. The molecule has 1 aliphatic heterocycles. The van der Waals surface area contributed by atoms with Gasteiger partial charge < -0.3 is 25.2 Å². The van der Waals surface area contributed by atoms with Gasteiger partial charge in [0.05, 0.1) is 46.5 Å². The molecule has 0 aliphatic carbocycles. The highest BCUT2D eigenvalue weighted by molar-refractivity contribution is 7.09. The van der Waals surface area contributed by atoms with Gasteiger partial charge in [0.1, 0.15) is 11.9 Å². The highest BCUT2D eigenvalue weighted by Crippen LogP contribution is 2.34. The van der Waals surface area contributed by atoms with Gasteiger partial charge in [-0.05, 0) is 51.2 Å². The Morgan fingerprint density at radius 2 is 1.92 bits per heavy atom. The molecule has 0 bridgehead atoms. The second kappa shape index (κ2) is 12.3. The lowest BCUT2D eigenvalue weighted by Gasteiger charge is -2.37. The Morgan fingerprint density at radius 3 is 2.50 bits per heavy atom. The van der Waals surface area contributed by atoms with Crippen LogP contribution in [0, 0.1) is 24.2 Å². The fraction of sp³-hybridized carbons (Fsp3) is 0.741. The molecule has 4 N–H and O–H groups in total. The lowest BCUT2D eigenvalue weighted by atomic mass is 9.72. The number of aliphatic hydroxyl groups excluding tert-OH is 3. The lowest BCUT2D eigenvalue weighted by Crippen LogP contribution is -2.48. The minimum absolute atomic E-state index is 0.0438. The number of hydrogen-bond donors (Lipinski definition) is 4. The van der Waals surface area contributed by atoms with E-state index in [1.54, 1.807) is 40.7 Å². The average molecular weight is 526 g/mol. The number of hydrogen-bond acceptors (Lipinski definition) is 9. The molecule has 7 atom stereocenters. The van der Waals surface area contributed by atoms with Crippen LogP contribution in [-0.4, -0.2) is 67.2 Å². The molecule has 1 aromatic rings. The molecule has 1 saturated heterocycles. The fourth-order valence-electron chi connectivity index (χ4n) is 4.73. The van der Waals surface area contributed by atoms with Gasteiger partial charge in [0, 0.05) is 17.7 Å². The maximum absolute atomic E-state index is 13.1. The van der Waals surface area contributed by atoms with Crippen molar-refractivity contribution in [3.8, 4) is 0 Å². The van der Waals surface area contributed by atoms with Crippen LogP contribution in [0.4, 0.5) is 0 Å². The highest BCUT2D eigenvalue weighted by Gasteiger charge is 2.44. The second-order valence-electron chi connectivity index (χ2n) is 11.2. The zero-order valence-corrected chi connectivity index (χ0v) is 23.3. The number of aliphatic hydroxyl groups is 4. The van der Waals surface area contributed by atoms with Crippen LogP contribution in [0.2, 0.25) is 0 Å². The van der Waals surface area contributed by atoms with Crippen molar-refractivity contribution in [3.05, 3.63) is 21.7 Å². The van der Waals surface area contributed by atoms with Crippen molar-refractivity contribution < 1.29 is 34.8 Å². The molecule has 0 aromatic carbocycles. The SMILES string of the molecule is C/C(=C\c1csc(C)n1)[C@H](O)C[C@H]1OC(=O)C[C@H](O)C(C)(C)C(=O)[C@H](C)[C@@H](O)[C@@H](C)CCC[C@@]1(C)O. The van der Waals surface area contributed by atoms with Gasteiger partial charge in [-0.1, -0.05) is 34.1 Å². The number of ketones is 1. The van der Waals surface area contributed by atoms with Gasteiger partial charge >= 0.3 is 5.97 Å². The molecule has 1 aromatic heterocycles. The van der Waals surface area contributed by atoms with Crippen molar-refractivity contribution in [1.82, 2.24) is 4.98 Å². The van der Waals surface area contributed by atoms with Crippen LogP contribution in [0.1, 0.15) is 84.3 Å².